The Balaban J connectivity index is 1.64. The molecule has 0 amide bonds. The van der Waals surface area contributed by atoms with Crippen LogP contribution in [0, 0.1) is 11.3 Å². The molecule has 3 rings (SSSR count). The summed E-state index contributed by atoms with van der Waals surface area (Å²) < 4.78 is 20.9. The fraction of sp³-hybridized carbons (Fsp3) is 0.714. The van der Waals surface area contributed by atoms with Crippen LogP contribution in [-0.2, 0) is 20.8 Å². The highest BCUT2D eigenvalue weighted by Gasteiger charge is 2.50. The monoisotopic (exact) mass is 296 g/mol. The molecule has 2 fully saturated rings. The molecular weight excluding hydrogens is 276 g/mol. The first-order valence-electron chi connectivity index (χ1n) is 6.98. The van der Waals surface area contributed by atoms with Crippen LogP contribution in [0.3, 0.4) is 0 Å². The van der Waals surface area contributed by atoms with E-state index in [1.165, 1.54) is 13.4 Å². The van der Waals surface area contributed by atoms with Crippen LogP contribution in [0.4, 0.5) is 0 Å². The lowest BCUT2D eigenvalue weighted by molar-refractivity contribution is 0.0524. The standard InChI is InChI=1S/C14H20N2O5/c1-18-8-14-7-16(3-10(14)5-20-9-14)4-12-15-11(6-21-12)13(17)19-2/h6,10H,3-5,7-9H2,1-2H3/t10-,14-/m0/s1. The van der Waals surface area contributed by atoms with Crippen molar-refractivity contribution in [2.75, 3.05) is 47.1 Å². The summed E-state index contributed by atoms with van der Waals surface area (Å²) in [4.78, 5) is 17.8. The number of esters is 1. The van der Waals surface area contributed by atoms with Crippen molar-refractivity contribution >= 4 is 5.97 Å². The number of nitrogens with zero attached hydrogens (tertiary/aromatic N) is 2. The number of fused-ring (bicyclic) bond motifs is 1. The molecule has 3 heterocycles. The highest BCUT2D eigenvalue weighted by Crippen LogP contribution is 2.41. The molecule has 21 heavy (non-hydrogen) atoms. The van der Waals surface area contributed by atoms with Crippen molar-refractivity contribution in [3.05, 3.63) is 17.8 Å². The van der Waals surface area contributed by atoms with E-state index in [0.29, 0.717) is 25.0 Å². The second-order valence-electron chi connectivity index (χ2n) is 5.80. The average molecular weight is 296 g/mol. The molecule has 0 N–H and O–H groups in total. The van der Waals surface area contributed by atoms with E-state index in [9.17, 15) is 4.79 Å². The molecule has 0 spiro atoms. The van der Waals surface area contributed by atoms with Crippen molar-refractivity contribution in [2.45, 2.75) is 6.54 Å². The molecule has 2 aliphatic heterocycles. The maximum Gasteiger partial charge on any atom is 0.360 e. The molecule has 2 aliphatic rings. The maximum absolute atomic E-state index is 11.4. The van der Waals surface area contributed by atoms with Crippen LogP contribution in [0.5, 0.6) is 0 Å². The summed E-state index contributed by atoms with van der Waals surface area (Å²) in [5, 5.41) is 0. The summed E-state index contributed by atoms with van der Waals surface area (Å²) in [6.07, 6.45) is 1.34. The van der Waals surface area contributed by atoms with Gasteiger partial charge in [-0.3, -0.25) is 4.90 Å². The van der Waals surface area contributed by atoms with Gasteiger partial charge in [0.25, 0.3) is 0 Å². The normalized spacial score (nSPS) is 28.8. The zero-order chi connectivity index (χ0) is 14.9. The maximum atomic E-state index is 11.4. The molecule has 0 bridgehead atoms. The zero-order valence-electron chi connectivity index (χ0n) is 12.3. The SMILES string of the molecule is COC[C@@]12COC[C@@H]1CN(Cc1nc(C(=O)OC)co1)C2. The number of hydrogen-bond acceptors (Lipinski definition) is 7. The Morgan fingerprint density at radius 1 is 1.57 bits per heavy atom. The Labute approximate surface area is 123 Å². The number of carbonyl (C=O) groups is 1. The fourth-order valence-electron chi connectivity index (χ4n) is 3.33. The topological polar surface area (TPSA) is 74.0 Å². The number of aromatic nitrogens is 1. The van der Waals surface area contributed by atoms with E-state index in [4.69, 9.17) is 13.9 Å². The zero-order valence-corrected chi connectivity index (χ0v) is 12.3. The minimum Gasteiger partial charge on any atom is -0.464 e. The third-order valence-electron chi connectivity index (χ3n) is 4.33. The van der Waals surface area contributed by atoms with E-state index in [2.05, 4.69) is 14.6 Å². The molecule has 0 aromatic carbocycles. The molecule has 0 aliphatic carbocycles. The molecule has 116 valence electrons. The van der Waals surface area contributed by atoms with Gasteiger partial charge < -0.3 is 18.6 Å². The molecule has 1 aromatic heterocycles. The van der Waals surface area contributed by atoms with Gasteiger partial charge in [-0.05, 0) is 0 Å². The van der Waals surface area contributed by atoms with Gasteiger partial charge in [-0.2, -0.15) is 0 Å². The van der Waals surface area contributed by atoms with Crippen molar-refractivity contribution in [3.63, 3.8) is 0 Å². The van der Waals surface area contributed by atoms with E-state index < -0.39 is 5.97 Å². The van der Waals surface area contributed by atoms with Gasteiger partial charge in [0.15, 0.2) is 5.69 Å². The Kier molecular flexibility index (Phi) is 3.97. The number of likely N-dealkylation sites (tertiary alicyclic amines) is 1. The lowest BCUT2D eigenvalue weighted by atomic mass is 9.82. The van der Waals surface area contributed by atoms with Gasteiger partial charge in [-0.1, -0.05) is 0 Å². The van der Waals surface area contributed by atoms with Crippen molar-refractivity contribution in [2.24, 2.45) is 11.3 Å². The molecule has 7 nitrogen and oxygen atoms in total. The van der Waals surface area contributed by atoms with E-state index in [1.807, 2.05) is 0 Å². The number of ether oxygens (including phenoxy) is 3. The van der Waals surface area contributed by atoms with Crippen LogP contribution in [-0.4, -0.2) is 63.0 Å². The third-order valence-corrected chi connectivity index (χ3v) is 4.33. The molecular formula is C14H20N2O5. The summed E-state index contributed by atoms with van der Waals surface area (Å²) >= 11 is 0. The molecule has 0 radical (unpaired) electrons. The third kappa shape index (κ3) is 2.68. The average Bonchev–Trinajstić information content (AvgIpc) is 3.13. The van der Waals surface area contributed by atoms with Gasteiger partial charge in [-0.15, -0.1) is 0 Å². The van der Waals surface area contributed by atoms with Crippen molar-refractivity contribution in [3.8, 4) is 0 Å². The second kappa shape index (κ2) is 5.75. The van der Waals surface area contributed by atoms with E-state index in [0.717, 1.165) is 26.3 Å². The van der Waals surface area contributed by atoms with Gasteiger partial charge in [0.2, 0.25) is 5.89 Å². The summed E-state index contributed by atoms with van der Waals surface area (Å²) in [6.45, 7) is 4.62. The molecule has 2 saturated heterocycles. The first kappa shape index (κ1) is 14.5. The molecule has 0 saturated carbocycles. The quantitative estimate of drug-likeness (QED) is 0.735. The van der Waals surface area contributed by atoms with Gasteiger partial charge in [0.05, 0.1) is 33.5 Å². The first-order valence-corrected chi connectivity index (χ1v) is 6.98. The van der Waals surface area contributed by atoms with Gasteiger partial charge in [0, 0.05) is 31.5 Å². The van der Waals surface area contributed by atoms with Gasteiger partial charge in [-0.25, -0.2) is 9.78 Å². The highest BCUT2D eigenvalue weighted by molar-refractivity contribution is 5.86. The van der Waals surface area contributed by atoms with E-state index >= 15 is 0 Å². The Bertz CT molecular complexity index is 517. The van der Waals surface area contributed by atoms with Crippen LogP contribution in [0.2, 0.25) is 0 Å². The molecule has 7 heteroatoms. The largest absolute Gasteiger partial charge is 0.464 e. The minimum atomic E-state index is -0.479. The number of oxazole rings is 1. The second-order valence-corrected chi connectivity index (χ2v) is 5.80. The fourth-order valence-corrected chi connectivity index (χ4v) is 3.33. The van der Waals surface area contributed by atoms with Crippen LogP contribution >= 0.6 is 0 Å². The van der Waals surface area contributed by atoms with Gasteiger partial charge in [0.1, 0.15) is 6.26 Å². The van der Waals surface area contributed by atoms with Crippen molar-refractivity contribution in [1.82, 2.24) is 9.88 Å². The van der Waals surface area contributed by atoms with Gasteiger partial charge >= 0.3 is 5.97 Å². The van der Waals surface area contributed by atoms with Crippen LogP contribution in [0.1, 0.15) is 16.4 Å². The van der Waals surface area contributed by atoms with E-state index in [1.54, 1.807) is 7.11 Å². The number of hydrogen-bond donors (Lipinski definition) is 0. The summed E-state index contributed by atoms with van der Waals surface area (Å²) in [6, 6.07) is 0. The highest BCUT2D eigenvalue weighted by atomic mass is 16.5. The summed E-state index contributed by atoms with van der Waals surface area (Å²) in [5.74, 6) is 0.531. The lowest BCUT2D eigenvalue weighted by Gasteiger charge is -2.25. The van der Waals surface area contributed by atoms with Crippen molar-refractivity contribution in [1.29, 1.82) is 0 Å². The van der Waals surface area contributed by atoms with Crippen molar-refractivity contribution < 1.29 is 23.4 Å². The number of rotatable bonds is 5. The van der Waals surface area contributed by atoms with Crippen LogP contribution in [0.25, 0.3) is 0 Å². The van der Waals surface area contributed by atoms with Crippen LogP contribution in [0.15, 0.2) is 10.7 Å². The Morgan fingerprint density at radius 3 is 3.19 bits per heavy atom. The van der Waals surface area contributed by atoms with Crippen LogP contribution < -0.4 is 0 Å². The Morgan fingerprint density at radius 2 is 2.43 bits per heavy atom. The first-order chi connectivity index (χ1) is 10.2. The molecule has 2 atom stereocenters. The predicted molar refractivity (Wildman–Crippen MR) is 71.7 cm³/mol. The van der Waals surface area contributed by atoms with E-state index in [-0.39, 0.29) is 11.1 Å². The Hall–Kier alpha value is -1.44. The predicted octanol–water partition coefficient (Wildman–Crippen LogP) is 0.556. The molecule has 1 aromatic rings. The minimum absolute atomic E-state index is 0.0759. The summed E-state index contributed by atoms with van der Waals surface area (Å²) in [7, 11) is 3.05. The lowest BCUT2D eigenvalue weighted by Crippen LogP contribution is -2.35. The number of carbonyl (C=O) groups excluding carboxylic acids is 1. The number of methoxy groups -OCH3 is 2. The smallest absolute Gasteiger partial charge is 0.360 e. The summed E-state index contributed by atoms with van der Waals surface area (Å²) in [5.41, 5.74) is 0.286. The molecule has 0 unspecified atom stereocenters.